The molecule has 1 saturated heterocycles. The fraction of sp³-hybridized carbons (Fsp3) is 0.611. The Kier molecular flexibility index (Phi) is 5.87. The molecule has 0 radical (unpaired) electrons. The summed E-state index contributed by atoms with van der Waals surface area (Å²) in [5.41, 5.74) is 1.23. The van der Waals surface area contributed by atoms with E-state index in [0.717, 1.165) is 19.6 Å². The largest absolute Gasteiger partial charge is 0.335 e. The van der Waals surface area contributed by atoms with E-state index in [1.807, 2.05) is 6.07 Å². The summed E-state index contributed by atoms with van der Waals surface area (Å²) in [4.78, 5) is 15.1. The van der Waals surface area contributed by atoms with E-state index in [-0.39, 0.29) is 18.3 Å². The predicted octanol–water partition coefficient (Wildman–Crippen LogP) is 3.09. The maximum Gasteiger partial charge on any atom is 0.226 e. The van der Waals surface area contributed by atoms with E-state index in [9.17, 15) is 4.79 Å². The standard InChI is InChI=1S/C18H26N2O.ClH/c1-13(17-10-19-11-17)18(21)20(14(2)16-8-9-16)12-15-6-4-3-5-7-15;/h3-7,13-14,16-17,19H,8-12H2,1-2H3;1H. The molecule has 1 aromatic rings. The molecule has 1 heterocycles. The monoisotopic (exact) mass is 322 g/mol. The van der Waals surface area contributed by atoms with Crippen molar-refractivity contribution in [3.05, 3.63) is 35.9 Å². The van der Waals surface area contributed by atoms with Crippen LogP contribution in [0, 0.1) is 17.8 Å². The van der Waals surface area contributed by atoms with Gasteiger partial charge in [-0.1, -0.05) is 37.3 Å². The van der Waals surface area contributed by atoms with Gasteiger partial charge in [0.15, 0.2) is 0 Å². The minimum atomic E-state index is 0. The summed E-state index contributed by atoms with van der Waals surface area (Å²) in [6.45, 7) is 7.06. The number of carbonyl (C=O) groups is 1. The smallest absolute Gasteiger partial charge is 0.226 e. The molecular formula is C18H27ClN2O. The van der Waals surface area contributed by atoms with Crippen molar-refractivity contribution in [3.8, 4) is 0 Å². The van der Waals surface area contributed by atoms with E-state index in [0.29, 0.717) is 23.8 Å². The van der Waals surface area contributed by atoms with Crippen LogP contribution in [-0.4, -0.2) is 29.9 Å². The van der Waals surface area contributed by atoms with Crippen molar-refractivity contribution in [2.75, 3.05) is 13.1 Å². The molecule has 1 aliphatic heterocycles. The summed E-state index contributed by atoms with van der Waals surface area (Å²) in [5, 5.41) is 3.28. The van der Waals surface area contributed by atoms with Gasteiger partial charge in [0.2, 0.25) is 5.91 Å². The van der Waals surface area contributed by atoms with Crippen molar-refractivity contribution in [2.24, 2.45) is 17.8 Å². The van der Waals surface area contributed by atoms with Gasteiger partial charge in [-0.25, -0.2) is 0 Å². The molecule has 2 fully saturated rings. The predicted molar refractivity (Wildman–Crippen MR) is 91.9 cm³/mol. The fourth-order valence-corrected chi connectivity index (χ4v) is 3.16. The highest BCUT2D eigenvalue weighted by Crippen LogP contribution is 2.36. The molecule has 122 valence electrons. The van der Waals surface area contributed by atoms with Crippen molar-refractivity contribution < 1.29 is 4.79 Å². The van der Waals surface area contributed by atoms with Crippen LogP contribution in [0.5, 0.6) is 0 Å². The zero-order valence-corrected chi connectivity index (χ0v) is 14.3. The Bertz CT molecular complexity index is 485. The van der Waals surface area contributed by atoms with Gasteiger partial charge in [0.1, 0.15) is 0 Å². The fourth-order valence-electron chi connectivity index (χ4n) is 3.16. The molecule has 1 aliphatic carbocycles. The van der Waals surface area contributed by atoms with Crippen molar-refractivity contribution in [2.45, 2.75) is 39.3 Å². The van der Waals surface area contributed by atoms with Gasteiger partial charge in [-0.3, -0.25) is 4.79 Å². The average molecular weight is 323 g/mol. The Hall–Kier alpha value is -1.06. The SMILES string of the molecule is CC(C(=O)N(Cc1ccccc1)C(C)C1CC1)C1CNC1.Cl. The molecule has 1 aromatic carbocycles. The minimum Gasteiger partial charge on any atom is -0.335 e. The molecule has 3 nitrogen and oxygen atoms in total. The van der Waals surface area contributed by atoms with Gasteiger partial charge in [0.25, 0.3) is 0 Å². The molecule has 2 aliphatic rings. The summed E-state index contributed by atoms with van der Waals surface area (Å²) < 4.78 is 0. The second kappa shape index (κ2) is 7.47. The number of hydrogen-bond acceptors (Lipinski definition) is 2. The van der Waals surface area contributed by atoms with Crippen LogP contribution in [0.4, 0.5) is 0 Å². The van der Waals surface area contributed by atoms with E-state index in [1.165, 1.54) is 18.4 Å². The van der Waals surface area contributed by atoms with E-state index >= 15 is 0 Å². The minimum absolute atomic E-state index is 0. The maximum absolute atomic E-state index is 13.0. The number of nitrogens with one attached hydrogen (secondary N) is 1. The lowest BCUT2D eigenvalue weighted by atomic mass is 9.87. The molecule has 0 bridgehead atoms. The first-order valence-corrected chi connectivity index (χ1v) is 8.22. The number of rotatable bonds is 6. The quantitative estimate of drug-likeness (QED) is 0.873. The second-order valence-corrected chi connectivity index (χ2v) is 6.74. The van der Waals surface area contributed by atoms with E-state index in [1.54, 1.807) is 0 Å². The third-order valence-electron chi connectivity index (χ3n) is 5.18. The van der Waals surface area contributed by atoms with Gasteiger partial charge in [-0.2, -0.15) is 0 Å². The van der Waals surface area contributed by atoms with Crippen LogP contribution < -0.4 is 5.32 Å². The van der Waals surface area contributed by atoms with Gasteiger partial charge in [0, 0.05) is 18.5 Å². The topological polar surface area (TPSA) is 32.3 Å². The second-order valence-electron chi connectivity index (χ2n) is 6.74. The Morgan fingerprint density at radius 2 is 1.82 bits per heavy atom. The van der Waals surface area contributed by atoms with E-state index < -0.39 is 0 Å². The molecule has 0 spiro atoms. The van der Waals surface area contributed by atoms with E-state index in [4.69, 9.17) is 0 Å². The molecule has 1 amide bonds. The Labute approximate surface area is 139 Å². The molecule has 0 aromatic heterocycles. The van der Waals surface area contributed by atoms with Gasteiger partial charge in [-0.05, 0) is 50.3 Å². The number of hydrogen-bond donors (Lipinski definition) is 1. The van der Waals surface area contributed by atoms with Crippen LogP contribution in [0.3, 0.4) is 0 Å². The molecule has 4 heteroatoms. The molecule has 2 atom stereocenters. The van der Waals surface area contributed by atoms with Crippen LogP contribution >= 0.6 is 12.4 Å². The number of carbonyl (C=O) groups excluding carboxylic acids is 1. The molecular weight excluding hydrogens is 296 g/mol. The van der Waals surface area contributed by atoms with Crippen LogP contribution in [-0.2, 0) is 11.3 Å². The Morgan fingerprint density at radius 3 is 2.32 bits per heavy atom. The highest BCUT2D eigenvalue weighted by atomic mass is 35.5. The van der Waals surface area contributed by atoms with Crippen LogP contribution in [0.25, 0.3) is 0 Å². The summed E-state index contributed by atoms with van der Waals surface area (Å²) in [6, 6.07) is 10.7. The van der Waals surface area contributed by atoms with Crippen molar-refractivity contribution in [3.63, 3.8) is 0 Å². The van der Waals surface area contributed by atoms with E-state index in [2.05, 4.69) is 48.3 Å². The molecule has 2 unspecified atom stereocenters. The summed E-state index contributed by atoms with van der Waals surface area (Å²) in [7, 11) is 0. The summed E-state index contributed by atoms with van der Waals surface area (Å²) >= 11 is 0. The summed E-state index contributed by atoms with van der Waals surface area (Å²) in [5.74, 6) is 1.70. The normalized spacial score (nSPS) is 20.5. The third-order valence-corrected chi connectivity index (χ3v) is 5.18. The third kappa shape index (κ3) is 3.82. The number of halogens is 1. The first-order valence-electron chi connectivity index (χ1n) is 8.22. The highest BCUT2D eigenvalue weighted by Gasteiger charge is 2.38. The lowest BCUT2D eigenvalue weighted by Crippen LogP contribution is -2.52. The van der Waals surface area contributed by atoms with Gasteiger partial charge in [-0.15, -0.1) is 12.4 Å². The maximum atomic E-state index is 13.0. The van der Waals surface area contributed by atoms with Gasteiger partial charge >= 0.3 is 0 Å². The van der Waals surface area contributed by atoms with Crippen LogP contribution in [0.2, 0.25) is 0 Å². The van der Waals surface area contributed by atoms with Gasteiger partial charge < -0.3 is 10.2 Å². The molecule has 1 saturated carbocycles. The van der Waals surface area contributed by atoms with Crippen LogP contribution in [0.15, 0.2) is 30.3 Å². The van der Waals surface area contributed by atoms with Crippen molar-refractivity contribution >= 4 is 18.3 Å². The number of amides is 1. The molecule has 1 N–H and O–H groups in total. The van der Waals surface area contributed by atoms with Crippen molar-refractivity contribution in [1.82, 2.24) is 10.2 Å². The lowest BCUT2D eigenvalue weighted by Gasteiger charge is -2.37. The van der Waals surface area contributed by atoms with Gasteiger partial charge in [0.05, 0.1) is 0 Å². The number of nitrogens with zero attached hydrogens (tertiary/aromatic N) is 1. The highest BCUT2D eigenvalue weighted by molar-refractivity contribution is 5.85. The zero-order valence-electron chi connectivity index (χ0n) is 13.5. The average Bonchev–Trinajstić information content (AvgIpc) is 3.27. The summed E-state index contributed by atoms with van der Waals surface area (Å²) in [6.07, 6.45) is 2.55. The number of benzene rings is 1. The zero-order chi connectivity index (χ0) is 14.8. The first kappa shape index (κ1) is 17.3. The lowest BCUT2D eigenvalue weighted by molar-refractivity contribution is -0.140. The first-order chi connectivity index (χ1) is 10.2. The Morgan fingerprint density at radius 1 is 1.18 bits per heavy atom. The van der Waals surface area contributed by atoms with Crippen LogP contribution in [0.1, 0.15) is 32.3 Å². The molecule has 22 heavy (non-hydrogen) atoms. The molecule has 3 rings (SSSR count). The Balaban J connectivity index is 0.00000176. The van der Waals surface area contributed by atoms with Crippen molar-refractivity contribution in [1.29, 1.82) is 0 Å².